The molecule has 1 N–H and O–H groups in total. The molecule has 3 rings (SSSR count). The lowest BCUT2D eigenvalue weighted by Crippen LogP contribution is -2.37. The van der Waals surface area contributed by atoms with Crippen LogP contribution < -0.4 is 10.2 Å². The first kappa shape index (κ1) is 24.8. The Morgan fingerprint density at radius 2 is 1.85 bits per heavy atom. The number of nitrogens with one attached hydrogen (secondary N) is 1. The van der Waals surface area contributed by atoms with Crippen LogP contribution in [0.15, 0.2) is 48.5 Å². The number of nitrogens with zero attached hydrogens (tertiary/aromatic N) is 2. The molecule has 2 aromatic rings. The lowest BCUT2D eigenvalue weighted by atomic mass is 9.85. The van der Waals surface area contributed by atoms with Gasteiger partial charge in [0.2, 0.25) is 11.8 Å². The van der Waals surface area contributed by atoms with Gasteiger partial charge in [0.1, 0.15) is 0 Å². The normalized spacial score (nSPS) is 14.3. The molecular weight excluding hydrogens is 414 g/mol. The zero-order chi connectivity index (χ0) is 23.8. The minimum atomic E-state index is -0.202. The predicted octanol–water partition coefficient (Wildman–Crippen LogP) is 4.66. The van der Waals surface area contributed by atoms with Crippen LogP contribution in [0, 0.1) is 5.92 Å². The van der Waals surface area contributed by atoms with E-state index in [1.165, 1.54) is 0 Å². The van der Waals surface area contributed by atoms with Crippen LogP contribution in [-0.4, -0.2) is 51.1 Å². The quantitative estimate of drug-likeness (QED) is 0.540. The van der Waals surface area contributed by atoms with Gasteiger partial charge in [0.25, 0.3) is 0 Å². The Hall–Kier alpha value is -2.86. The van der Waals surface area contributed by atoms with Crippen LogP contribution in [0.1, 0.15) is 49.7 Å². The number of benzene rings is 2. The second kappa shape index (κ2) is 11.8. The van der Waals surface area contributed by atoms with E-state index in [1.807, 2.05) is 79.3 Å². The average Bonchev–Trinajstić information content (AvgIpc) is 2.76. The number of methoxy groups -OCH3 is 1. The third kappa shape index (κ3) is 6.35. The Balaban J connectivity index is 1.86. The Labute approximate surface area is 197 Å². The van der Waals surface area contributed by atoms with Crippen molar-refractivity contribution >= 4 is 23.2 Å². The molecule has 0 aliphatic heterocycles. The largest absolute Gasteiger partial charge is 0.383 e. The summed E-state index contributed by atoms with van der Waals surface area (Å²) in [5.41, 5.74) is 3.84. The third-order valence-corrected chi connectivity index (χ3v) is 6.45. The number of anilines is 2. The van der Waals surface area contributed by atoms with Crippen molar-refractivity contribution in [3.05, 3.63) is 59.7 Å². The van der Waals surface area contributed by atoms with E-state index in [1.54, 1.807) is 7.11 Å². The summed E-state index contributed by atoms with van der Waals surface area (Å²) in [7, 11) is 5.64. The van der Waals surface area contributed by atoms with Gasteiger partial charge in [-0.05, 0) is 48.6 Å². The maximum Gasteiger partial charge on any atom is 0.230 e. The summed E-state index contributed by atoms with van der Waals surface area (Å²) in [5.74, 6) is 0.104. The molecule has 1 atom stereocenters. The third-order valence-electron chi connectivity index (χ3n) is 6.45. The maximum atomic E-state index is 13.7. The van der Waals surface area contributed by atoms with Crippen LogP contribution in [0.3, 0.4) is 0 Å². The highest BCUT2D eigenvalue weighted by Crippen LogP contribution is 2.30. The fraction of sp³-hybridized carbons (Fsp3) is 0.481. The molecular formula is C27H37N3O3. The van der Waals surface area contributed by atoms with Gasteiger partial charge in [0.15, 0.2) is 0 Å². The number of carbonyl (C=O) groups is 2. The number of rotatable bonds is 11. The van der Waals surface area contributed by atoms with Crippen molar-refractivity contribution < 1.29 is 14.3 Å². The molecule has 178 valence electrons. The van der Waals surface area contributed by atoms with Crippen LogP contribution in [0.5, 0.6) is 0 Å². The topological polar surface area (TPSA) is 61.9 Å². The molecule has 0 heterocycles. The molecule has 0 bridgehead atoms. The van der Waals surface area contributed by atoms with Crippen molar-refractivity contribution in [1.29, 1.82) is 0 Å². The van der Waals surface area contributed by atoms with E-state index >= 15 is 0 Å². The molecule has 6 heteroatoms. The van der Waals surface area contributed by atoms with Gasteiger partial charge in [-0.15, -0.1) is 0 Å². The summed E-state index contributed by atoms with van der Waals surface area (Å²) < 4.78 is 5.32. The van der Waals surface area contributed by atoms with Crippen LogP contribution in [0.2, 0.25) is 0 Å². The van der Waals surface area contributed by atoms with Gasteiger partial charge < -0.3 is 19.9 Å². The van der Waals surface area contributed by atoms with Gasteiger partial charge >= 0.3 is 0 Å². The molecule has 33 heavy (non-hydrogen) atoms. The van der Waals surface area contributed by atoms with Crippen molar-refractivity contribution in [2.24, 2.45) is 5.92 Å². The molecule has 1 aliphatic rings. The van der Waals surface area contributed by atoms with E-state index in [0.29, 0.717) is 19.7 Å². The SMILES string of the molecule is CCC(C(=O)N(CCOC)Cc1cc(NC(=O)C2CCC2)ccc1N(C)C)c1ccccc1. The van der Waals surface area contributed by atoms with Crippen molar-refractivity contribution in [2.75, 3.05) is 44.6 Å². The predicted molar refractivity (Wildman–Crippen MR) is 134 cm³/mol. The zero-order valence-corrected chi connectivity index (χ0v) is 20.3. The number of hydrogen-bond donors (Lipinski definition) is 1. The number of amides is 2. The molecule has 0 saturated heterocycles. The molecule has 1 fully saturated rings. The van der Waals surface area contributed by atoms with Crippen LogP contribution in [-0.2, 0) is 20.9 Å². The highest BCUT2D eigenvalue weighted by atomic mass is 16.5. The van der Waals surface area contributed by atoms with E-state index < -0.39 is 0 Å². The zero-order valence-electron chi connectivity index (χ0n) is 20.3. The van der Waals surface area contributed by atoms with E-state index in [2.05, 4.69) is 5.32 Å². The second-order valence-electron chi connectivity index (χ2n) is 8.98. The van der Waals surface area contributed by atoms with Gasteiger partial charge in [0.05, 0.1) is 12.5 Å². The minimum absolute atomic E-state index is 0.0900. The molecule has 1 aliphatic carbocycles. The number of ether oxygens (including phenoxy) is 1. The van der Waals surface area contributed by atoms with Gasteiger partial charge in [-0.3, -0.25) is 9.59 Å². The summed E-state index contributed by atoms with van der Waals surface area (Å²) in [6, 6.07) is 15.9. The Bertz CT molecular complexity index is 925. The molecule has 0 aromatic heterocycles. The van der Waals surface area contributed by atoms with E-state index in [0.717, 1.165) is 48.2 Å². The first-order valence-corrected chi connectivity index (χ1v) is 11.9. The summed E-state index contributed by atoms with van der Waals surface area (Å²) in [6.07, 6.45) is 3.78. The summed E-state index contributed by atoms with van der Waals surface area (Å²) in [6.45, 7) is 3.47. The van der Waals surface area contributed by atoms with Gasteiger partial charge in [-0.25, -0.2) is 0 Å². The molecule has 2 aromatic carbocycles. The van der Waals surface area contributed by atoms with Gasteiger partial charge in [0, 0.05) is 51.6 Å². The standard InChI is InChI=1S/C27H37N3O3/c1-5-24(20-10-7-6-8-11-20)27(32)30(16-17-33-4)19-22-18-23(14-15-25(22)29(2)3)28-26(31)21-12-9-13-21/h6-8,10-11,14-15,18,21,24H,5,9,12-13,16-17,19H2,1-4H3,(H,28,31). The van der Waals surface area contributed by atoms with E-state index in [-0.39, 0.29) is 23.7 Å². The average molecular weight is 452 g/mol. The first-order chi connectivity index (χ1) is 15.9. The molecule has 1 saturated carbocycles. The maximum absolute atomic E-state index is 13.7. The Kier molecular flexibility index (Phi) is 8.89. The summed E-state index contributed by atoms with van der Waals surface area (Å²) >= 11 is 0. The second-order valence-corrected chi connectivity index (χ2v) is 8.98. The number of hydrogen-bond acceptors (Lipinski definition) is 4. The monoisotopic (exact) mass is 451 g/mol. The molecule has 0 radical (unpaired) electrons. The van der Waals surface area contributed by atoms with Crippen LogP contribution in [0.4, 0.5) is 11.4 Å². The van der Waals surface area contributed by atoms with Crippen molar-refractivity contribution in [2.45, 2.75) is 45.1 Å². The van der Waals surface area contributed by atoms with Crippen molar-refractivity contribution in [1.82, 2.24) is 4.90 Å². The lowest BCUT2D eigenvalue weighted by molar-refractivity contribution is -0.134. The van der Waals surface area contributed by atoms with Crippen LogP contribution in [0.25, 0.3) is 0 Å². The minimum Gasteiger partial charge on any atom is -0.383 e. The number of carbonyl (C=O) groups excluding carboxylic acids is 2. The lowest BCUT2D eigenvalue weighted by Gasteiger charge is -2.29. The summed E-state index contributed by atoms with van der Waals surface area (Å²) in [5, 5.41) is 3.07. The molecule has 0 spiro atoms. The van der Waals surface area contributed by atoms with Gasteiger partial charge in [-0.2, -0.15) is 0 Å². The van der Waals surface area contributed by atoms with Crippen LogP contribution >= 0.6 is 0 Å². The molecule has 2 amide bonds. The summed E-state index contributed by atoms with van der Waals surface area (Å²) in [4.78, 5) is 30.1. The fourth-order valence-electron chi connectivity index (χ4n) is 4.27. The smallest absolute Gasteiger partial charge is 0.230 e. The van der Waals surface area contributed by atoms with Crippen molar-refractivity contribution in [3.8, 4) is 0 Å². The Morgan fingerprint density at radius 1 is 1.12 bits per heavy atom. The highest BCUT2D eigenvalue weighted by Gasteiger charge is 2.27. The fourth-order valence-corrected chi connectivity index (χ4v) is 4.27. The van der Waals surface area contributed by atoms with E-state index in [9.17, 15) is 9.59 Å². The van der Waals surface area contributed by atoms with Crippen molar-refractivity contribution in [3.63, 3.8) is 0 Å². The molecule has 6 nitrogen and oxygen atoms in total. The van der Waals surface area contributed by atoms with Gasteiger partial charge in [-0.1, -0.05) is 43.7 Å². The Morgan fingerprint density at radius 3 is 2.42 bits per heavy atom. The highest BCUT2D eigenvalue weighted by molar-refractivity contribution is 5.93. The molecule has 1 unspecified atom stereocenters. The first-order valence-electron chi connectivity index (χ1n) is 11.9. The van der Waals surface area contributed by atoms with E-state index in [4.69, 9.17) is 4.74 Å².